The number of amides is 1. The van der Waals surface area contributed by atoms with Crippen LogP contribution in [0.3, 0.4) is 0 Å². The lowest BCUT2D eigenvalue weighted by Crippen LogP contribution is -2.57. The minimum absolute atomic E-state index is 0.0346. The summed E-state index contributed by atoms with van der Waals surface area (Å²) in [5.41, 5.74) is 3.50. The molecule has 1 amide bonds. The Morgan fingerprint density at radius 3 is 2.36 bits per heavy atom. The van der Waals surface area contributed by atoms with Gasteiger partial charge in [-0.25, -0.2) is 0 Å². The van der Waals surface area contributed by atoms with Crippen molar-refractivity contribution in [3.05, 3.63) is 70.2 Å². The summed E-state index contributed by atoms with van der Waals surface area (Å²) in [7, 11) is 0. The maximum Gasteiger partial charge on any atom is 0.238 e. The number of ketones is 1. The molecule has 0 aromatic heterocycles. The van der Waals surface area contributed by atoms with Gasteiger partial charge in [-0.1, -0.05) is 81.1 Å². The Kier molecular flexibility index (Phi) is 10.1. The summed E-state index contributed by atoms with van der Waals surface area (Å²) >= 11 is 6.15. The van der Waals surface area contributed by atoms with Crippen LogP contribution in [0.15, 0.2) is 48.5 Å². The molecular weight excluding hydrogens is 544 g/mol. The highest BCUT2D eigenvalue weighted by Gasteiger charge is 2.44. The number of hydrogen-bond donors (Lipinski definition) is 3. The van der Waals surface area contributed by atoms with Crippen molar-refractivity contribution in [3.63, 3.8) is 0 Å². The molecule has 2 atom stereocenters. The van der Waals surface area contributed by atoms with E-state index in [4.69, 9.17) is 11.6 Å². The monoisotopic (exact) mass is 590 g/mol. The van der Waals surface area contributed by atoms with Crippen LogP contribution >= 0.6 is 11.6 Å². The Hall–Kier alpha value is -2.70. The summed E-state index contributed by atoms with van der Waals surface area (Å²) in [4.78, 5) is 28.8. The number of hydrogen-bond acceptors (Lipinski definition) is 4. The lowest BCUT2D eigenvalue weighted by atomic mass is 9.61. The van der Waals surface area contributed by atoms with Crippen molar-refractivity contribution in [2.75, 3.05) is 13.1 Å². The van der Waals surface area contributed by atoms with Gasteiger partial charge in [0.05, 0.1) is 12.1 Å². The molecule has 5 rings (SSSR count). The highest BCUT2D eigenvalue weighted by molar-refractivity contribution is 6.30. The van der Waals surface area contributed by atoms with Crippen LogP contribution in [0.4, 0.5) is 0 Å². The fourth-order valence-electron chi connectivity index (χ4n) is 7.39. The SMILES string of the molecule is CC(C)C(=O)CC1(C2CCCCC2)CCN(C(=N)[C@@H](Cc2ccc(Cl)cc2)NC(=O)[C@H]2Cc3ccccc3CN2)CC1. The van der Waals surface area contributed by atoms with Crippen molar-refractivity contribution in [2.45, 2.75) is 96.7 Å². The number of halogens is 1. The Balaban J connectivity index is 1.30. The molecule has 2 heterocycles. The first-order valence-corrected chi connectivity index (χ1v) is 16.3. The maximum atomic E-state index is 13.6. The predicted molar refractivity (Wildman–Crippen MR) is 170 cm³/mol. The van der Waals surface area contributed by atoms with E-state index >= 15 is 0 Å². The van der Waals surface area contributed by atoms with Gasteiger partial charge in [0, 0.05) is 37.0 Å². The number of Topliss-reactive ketones (excluding diaryl/α,β-unsaturated/α-hetero) is 1. The van der Waals surface area contributed by atoms with Crippen LogP contribution in [-0.4, -0.2) is 47.6 Å². The number of carbonyl (C=O) groups excluding carboxylic acids is 2. The maximum absolute atomic E-state index is 13.6. The third kappa shape index (κ3) is 7.26. The lowest BCUT2D eigenvalue weighted by Gasteiger charge is -2.49. The van der Waals surface area contributed by atoms with Gasteiger partial charge < -0.3 is 15.5 Å². The van der Waals surface area contributed by atoms with Crippen LogP contribution in [0.25, 0.3) is 0 Å². The van der Waals surface area contributed by atoms with Crippen molar-refractivity contribution < 1.29 is 9.59 Å². The Morgan fingerprint density at radius 2 is 1.69 bits per heavy atom. The molecule has 2 aliphatic heterocycles. The topological polar surface area (TPSA) is 85.3 Å². The number of nitrogens with zero attached hydrogens (tertiary/aromatic N) is 1. The number of carbonyl (C=O) groups is 2. The molecule has 6 nitrogen and oxygen atoms in total. The molecule has 0 bridgehead atoms. The molecule has 0 unspecified atom stereocenters. The smallest absolute Gasteiger partial charge is 0.238 e. The number of amidine groups is 1. The fourth-order valence-corrected chi connectivity index (χ4v) is 7.52. The standard InChI is InChI=1S/C35H47ClN4O2/c1-24(2)32(41)22-35(28-10-4-3-5-11-28)16-18-40(19-17-35)33(37)30(20-25-12-14-29(36)15-13-25)39-34(42)31-21-26-8-6-7-9-27(26)23-38-31/h6-9,12-15,24,28,30-31,37-38H,3-5,10-11,16-23H2,1-2H3,(H,39,42)/t30-,31-/m1/s1. The highest BCUT2D eigenvalue weighted by Crippen LogP contribution is 2.49. The highest BCUT2D eigenvalue weighted by atomic mass is 35.5. The van der Waals surface area contributed by atoms with Crippen LogP contribution in [0.2, 0.25) is 5.02 Å². The molecule has 2 aromatic rings. The first-order chi connectivity index (χ1) is 20.2. The van der Waals surface area contributed by atoms with E-state index in [9.17, 15) is 15.0 Å². The second kappa shape index (κ2) is 13.7. The van der Waals surface area contributed by atoms with Gasteiger partial charge >= 0.3 is 0 Å². The van der Waals surface area contributed by atoms with E-state index in [1.54, 1.807) is 0 Å². The number of piperidine rings is 1. The molecule has 0 spiro atoms. The second-order valence-corrected chi connectivity index (χ2v) is 13.6. The molecule has 1 saturated carbocycles. The molecular formula is C35H47ClN4O2. The van der Waals surface area contributed by atoms with E-state index in [2.05, 4.69) is 27.7 Å². The van der Waals surface area contributed by atoms with Gasteiger partial charge in [0.2, 0.25) is 5.91 Å². The molecule has 226 valence electrons. The summed E-state index contributed by atoms with van der Waals surface area (Å²) < 4.78 is 0. The third-order valence-corrected chi connectivity index (χ3v) is 10.4. The van der Waals surface area contributed by atoms with E-state index in [1.807, 2.05) is 50.2 Å². The number of benzene rings is 2. The summed E-state index contributed by atoms with van der Waals surface area (Å²) in [6, 6.07) is 15.2. The Labute approximate surface area is 256 Å². The van der Waals surface area contributed by atoms with Crippen molar-refractivity contribution in [2.24, 2.45) is 17.3 Å². The first-order valence-electron chi connectivity index (χ1n) is 16.0. The molecule has 2 aromatic carbocycles. The Morgan fingerprint density at radius 1 is 1.02 bits per heavy atom. The molecule has 1 aliphatic carbocycles. The molecule has 2 fully saturated rings. The zero-order valence-corrected chi connectivity index (χ0v) is 26.0. The van der Waals surface area contributed by atoms with E-state index < -0.39 is 6.04 Å². The summed E-state index contributed by atoms with van der Waals surface area (Å²) in [6.07, 6.45) is 9.95. The van der Waals surface area contributed by atoms with Gasteiger partial charge in [-0.2, -0.15) is 0 Å². The molecule has 3 aliphatic rings. The lowest BCUT2D eigenvalue weighted by molar-refractivity contribution is -0.127. The number of likely N-dealkylation sites (tertiary alicyclic amines) is 1. The average Bonchev–Trinajstić information content (AvgIpc) is 3.02. The van der Waals surface area contributed by atoms with Gasteiger partial charge in [-0.15, -0.1) is 0 Å². The molecule has 42 heavy (non-hydrogen) atoms. The fraction of sp³-hybridized carbons (Fsp3) is 0.571. The second-order valence-electron chi connectivity index (χ2n) is 13.2. The molecule has 3 N–H and O–H groups in total. The van der Waals surface area contributed by atoms with Crippen molar-refractivity contribution >= 4 is 29.1 Å². The van der Waals surface area contributed by atoms with Crippen LogP contribution in [0, 0.1) is 22.7 Å². The van der Waals surface area contributed by atoms with E-state index in [-0.39, 0.29) is 23.3 Å². The Bertz CT molecular complexity index is 1250. The van der Waals surface area contributed by atoms with Crippen molar-refractivity contribution in [3.8, 4) is 0 Å². The van der Waals surface area contributed by atoms with Gasteiger partial charge in [0.1, 0.15) is 11.6 Å². The summed E-state index contributed by atoms with van der Waals surface area (Å²) in [6.45, 7) is 6.21. The van der Waals surface area contributed by atoms with Crippen LogP contribution in [-0.2, 0) is 29.0 Å². The summed E-state index contributed by atoms with van der Waals surface area (Å²) in [5.74, 6) is 1.42. The average molecular weight is 591 g/mol. The third-order valence-electron chi connectivity index (χ3n) is 10.1. The molecule has 0 radical (unpaired) electrons. The molecule has 1 saturated heterocycles. The van der Waals surface area contributed by atoms with E-state index in [0.717, 1.165) is 31.5 Å². The van der Waals surface area contributed by atoms with E-state index in [1.165, 1.54) is 43.2 Å². The van der Waals surface area contributed by atoms with Crippen molar-refractivity contribution in [1.29, 1.82) is 5.41 Å². The minimum atomic E-state index is -0.447. The zero-order chi connectivity index (χ0) is 29.7. The summed E-state index contributed by atoms with van der Waals surface area (Å²) in [5, 5.41) is 16.7. The number of fused-ring (bicyclic) bond motifs is 1. The van der Waals surface area contributed by atoms with Gasteiger partial charge in [0.25, 0.3) is 0 Å². The van der Waals surface area contributed by atoms with Crippen LogP contribution < -0.4 is 10.6 Å². The number of rotatable bonds is 9. The van der Waals surface area contributed by atoms with E-state index in [0.29, 0.717) is 48.4 Å². The first kappa shape index (κ1) is 30.7. The van der Waals surface area contributed by atoms with Gasteiger partial charge in [-0.3, -0.25) is 15.0 Å². The minimum Gasteiger partial charge on any atom is -0.359 e. The van der Waals surface area contributed by atoms with Crippen LogP contribution in [0.5, 0.6) is 0 Å². The van der Waals surface area contributed by atoms with Crippen molar-refractivity contribution in [1.82, 2.24) is 15.5 Å². The largest absolute Gasteiger partial charge is 0.359 e. The number of nitrogens with one attached hydrogen (secondary N) is 3. The van der Waals surface area contributed by atoms with Crippen LogP contribution in [0.1, 0.15) is 81.9 Å². The predicted octanol–water partition coefficient (Wildman–Crippen LogP) is 6.34. The zero-order valence-electron chi connectivity index (χ0n) is 25.3. The van der Waals surface area contributed by atoms with Gasteiger partial charge in [0.15, 0.2) is 0 Å². The molecule has 7 heteroatoms. The normalized spacial score (nSPS) is 21.4. The van der Waals surface area contributed by atoms with Gasteiger partial charge in [-0.05, 0) is 78.7 Å². The quantitative estimate of drug-likeness (QED) is 0.235.